The predicted molar refractivity (Wildman–Crippen MR) is 220 cm³/mol. The van der Waals surface area contributed by atoms with Gasteiger partial charge in [-0.2, -0.15) is 0 Å². The van der Waals surface area contributed by atoms with Crippen molar-refractivity contribution in [2.45, 2.75) is 103 Å². The molecule has 8 nitrogen and oxygen atoms in total. The number of hydrogen-bond acceptors (Lipinski definition) is 6. The third kappa shape index (κ3) is 11.9. The molecule has 0 bridgehead atoms. The van der Waals surface area contributed by atoms with Crippen LogP contribution in [0.5, 0.6) is 0 Å². The monoisotopic (exact) mass is 801 g/mol. The van der Waals surface area contributed by atoms with E-state index in [1.54, 1.807) is 26.8 Å². The Morgan fingerprint density at radius 3 is 1.86 bits per heavy atom. The van der Waals surface area contributed by atoms with Gasteiger partial charge in [0, 0.05) is 53.0 Å². The van der Waals surface area contributed by atoms with Gasteiger partial charge < -0.3 is 20.9 Å². The first-order valence-electron chi connectivity index (χ1n) is 18.2. The van der Waals surface area contributed by atoms with Gasteiger partial charge in [-0.3, -0.25) is 14.4 Å². The molecule has 2 unspecified atom stereocenters. The summed E-state index contributed by atoms with van der Waals surface area (Å²) in [6.07, 6.45) is 1.93. The van der Waals surface area contributed by atoms with Gasteiger partial charge in [0.15, 0.2) is 11.5 Å². The van der Waals surface area contributed by atoms with Gasteiger partial charge in [-0.25, -0.2) is 4.99 Å². The van der Waals surface area contributed by atoms with E-state index in [2.05, 4.69) is 100 Å². The number of aliphatic imine (C=N–C) groups is 1. The van der Waals surface area contributed by atoms with E-state index in [0.29, 0.717) is 48.4 Å². The number of aryl methyl sites for hydroxylation is 1. The van der Waals surface area contributed by atoms with Gasteiger partial charge in [0.1, 0.15) is 0 Å². The van der Waals surface area contributed by atoms with Crippen LogP contribution in [0.15, 0.2) is 41.4 Å². The van der Waals surface area contributed by atoms with E-state index in [0.717, 1.165) is 40.8 Å². The van der Waals surface area contributed by atoms with Crippen molar-refractivity contribution in [3.8, 4) is 0 Å². The second-order valence-electron chi connectivity index (χ2n) is 16.7. The molecule has 9 heteroatoms. The Labute approximate surface area is 316 Å². The molecule has 0 aliphatic heterocycles. The molecule has 278 valence electrons. The molecular formula is C41H64IN5O3. The van der Waals surface area contributed by atoms with Gasteiger partial charge >= 0.3 is 0 Å². The number of nitrogens with one attached hydrogen (secondary N) is 1. The standard InChI is InChI=1S/C41H64IN5O3/c1-14-29(39(5,6)7)25-47(26-30(15-2)40(8,9)10)38(50)28-17-19-32(42)34(24-28)45-37(49)35(36(48)41(11,12)13)44-33-20-18-31(23-27(33)4)46(16-3)22-21-43/h17-20,23-24,29-30H,14-16,21-22,25-26,43H2,1-13H3,(H,45,49)/b44-35+. The van der Waals surface area contributed by atoms with Crippen molar-refractivity contribution in [1.29, 1.82) is 0 Å². The third-order valence-electron chi connectivity index (χ3n) is 9.74. The lowest BCUT2D eigenvalue weighted by molar-refractivity contribution is -0.121. The van der Waals surface area contributed by atoms with Crippen LogP contribution < -0.4 is 16.0 Å². The number of carbonyl (C=O) groups excluding carboxylic acids is 3. The summed E-state index contributed by atoms with van der Waals surface area (Å²) in [7, 11) is 0. The number of nitrogens with zero attached hydrogens (tertiary/aromatic N) is 3. The Hall–Kier alpha value is -2.79. The Bertz CT molecular complexity index is 1490. The minimum absolute atomic E-state index is 0.0375. The molecule has 0 aliphatic carbocycles. The first kappa shape index (κ1) is 43.4. The van der Waals surface area contributed by atoms with Gasteiger partial charge in [-0.1, -0.05) is 89.0 Å². The Kier molecular flexibility index (Phi) is 15.7. The summed E-state index contributed by atoms with van der Waals surface area (Å²) in [5, 5.41) is 2.95. The molecule has 2 rings (SSSR count). The summed E-state index contributed by atoms with van der Waals surface area (Å²) in [5.41, 5.74) is 8.22. The second kappa shape index (κ2) is 18.1. The van der Waals surface area contributed by atoms with Gasteiger partial charge in [-0.05, 0) is 101 Å². The normalized spacial score (nSPS) is 13.9. The highest BCUT2D eigenvalue weighted by atomic mass is 127. The number of hydrogen-bond donors (Lipinski definition) is 2. The maximum Gasteiger partial charge on any atom is 0.278 e. The van der Waals surface area contributed by atoms with E-state index in [9.17, 15) is 14.4 Å². The van der Waals surface area contributed by atoms with Crippen molar-refractivity contribution in [3.05, 3.63) is 51.1 Å². The van der Waals surface area contributed by atoms with Crippen LogP contribution in [-0.4, -0.2) is 60.9 Å². The molecule has 0 spiro atoms. The summed E-state index contributed by atoms with van der Waals surface area (Å²) in [5.74, 6) is -0.405. The van der Waals surface area contributed by atoms with Gasteiger partial charge in [0.05, 0.1) is 11.4 Å². The lowest BCUT2D eigenvalue weighted by atomic mass is 9.77. The number of nitrogens with two attached hydrogens (primary N) is 1. The molecule has 50 heavy (non-hydrogen) atoms. The Balaban J connectivity index is 2.57. The van der Waals surface area contributed by atoms with Crippen LogP contribution in [0.4, 0.5) is 17.1 Å². The summed E-state index contributed by atoms with van der Waals surface area (Å²) in [4.78, 5) is 50.9. The zero-order valence-electron chi connectivity index (χ0n) is 33.1. The van der Waals surface area contributed by atoms with Crippen molar-refractivity contribution in [3.63, 3.8) is 0 Å². The van der Waals surface area contributed by atoms with Crippen LogP contribution in [0, 0.1) is 38.6 Å². The highest BCUT2D eigenvalue weighted by Crippen LogP contribution is 2.34. The number of ketones is 1. The molecular weight excluding hydrogens is 737 g/mol. The van der Waals surface area contributed by atoms with E-state index >= 15 is 0 Å². The largest absolute Gasteiger partial charge is 0.371 e. The lowest BCUT2D eigenvalue weighted by Gasteiger charge is -2.39. The maximum absolute atomic E-state index is 14.4. The number of carbonyl (C=O) groups is 3. The minimum atomic E-state index is -0.846. The fourth-order valence-electron chi connectivity index (χ4n) is 6.19. The molecule has 3 N–H and O–H groups in total. The molecule has 0 fully saturated rings. The first-order valence-corrected chi connectivity index (χ1v) is 19.3. The van der Waals surface area contributed by atoms with Crippen molar-refractivity contribution < 1.29 is 14.4 Å². The van der Waals surface area contributed by atoms with Crippen LogP contribution in [0.3, 0.4) is 0 Å². The maximum atomic E-state index is 14.4. The number of Topliss-reactive ketones (excluding diaryl/α,β-unsaturated/α-hetero) is 1. The Morgan fingerprint density at radius 1 is 0.860 bits per heavy atom. The highest BCUT2D eigenvalue weighted by Gasteiger charge is 2.34. The van der Waals surface area contributed by atoms with Crippen molar-refractivity contribution >= 4 is 63.0 Å². The fourth-order valence-corrected chi connectivity index (χ4v) is 6.66. The summed E-state index contributed by atoms with van der Waals surface area (Å²) in [6.45, 7) is 30.5. The van der Waals surface area contributed by atoms with Crippen molar-refractivity contribution in [2.24, 2.45) is 38.8 Å². The zero-order valence-corrected chi connectivity index (χ0v) is 35.2. The number of likely N-dealkylation sites (N-methyl/N-ethyl adjacent to an activating group) is 1. The van der Waals surface area contributed by atoms with Crippen LogP contribution in [0.1, 0.15) is 112 Å². The molecule has 0 heterocycles. The van der Waals surface area contributed by atoms with Crippen LogP contribution >= 0.6 is 22.6 Å². The second-order valence-corrected chi connectivity index (χ2v) is 17.8. The van der Waals surface area contributed by atoms with Crippen LogP contribution in [-0.2, 0) is 9.59 Å². The van der Waals surface area contributed by atoms with Gasteiger partial charge in [0.25, 0.3) is 11.8 Å². The van der Waals surface area contributed by atoms with E-state index in [4.69, 9.17) is 5.73 Å². The average molecular weight is 802 g/mol. The molecule has 0 radical (unpaired) electrons. The van der Waals surface area contributed by atoms with Crippen molar-refractivity contribution in [1.82, 2.24) is 4.90 Å². The molecule has 2 amide bonds. The molecule has 2 aromatic carbocycles. The number of halogens is 1. The highest BCUT2D eigenvalue weighted by molar-refractivity contribution is 14.1. The van der Waals surface area contributed by atoms with E-state index in [1.165, 1.54) is 0 Å². The number of amides is 2. The average Bonchev–Trinajstić information content (AvgIpc) is 3.01. The van der Waals surface area contributed by atoms with E-state index in [-0.39, 0.29) is 28.2 Å². The topological polar surface area (TPSA) is 108 Å². The van der Waals surface area contributed by atoms with Crippen LogP contribution in [0.2, 0.25) is 0 Å². The van der Waals surface area contributed by atoms with Crippen LogP contribution in [0.25, 0.3) is 0 Å². The van der Waals surface area contributed by atoms with E-state index < -0.39 is 11.3 Å². The smallest absolute Gasteiger partial charge is 0.278 e. The molecule has 0 saturated heterocycles. The number of benzene rings is 2. The van der Waals surface area contributed by atoms with Crippen molar-refractivity contribution in [2.75, 3.05) is 42.9 Å². The molecule has 0 saturated carbocycles. The molecule has 0 aromatic heterocycles. The van der Waals surface area contributed by atoms with Gasteiger partial charge in [-0.15, -0.1) is 0 Å². The number of rotatable bonds is 15. The molecule has 2 atom stereocenters. The lowest BCUT2D eigenvalue weighted by Crippen LogP contribution is -2.44. The summed E-state index contributed by atoms with van der Waals surface area (Å²) in [6, 6.07) is 11.2. The fraction of sp³-hybridized carbons (Fsp3) is 0.610. The molecule has 2 aromatic rings. The first-order chi connectivity index (χ1) is 23.1. The van der Waals surface area contributed by atoms with Gasteiger partial charge in [0.2, 0.25) is 0 Å². The number of anilines is 2. The summed E-state index contributed by atoms with van der Waals surface area (Å²) >= 11 is 2.15. The minimum Gasteiger partial charge on any atom is -0.371 e. The third-order valence-corrected chi connectivity index (χ3v) is 10.7. The SMILES string of the molecule is CCC(CN(CC(CC)C(C)(C)C)C(=O)c1ccc(I)c(NC(=O)/C(=N/c2ccc(N(CC)CCN)cc2C)C(=O)C(C)(C)C)c1)C(C)(C)C. The molecule has 0 aliphatic rings. The Morgan fingerprint density at radius 2 is 1.42 bits per heavy atom. The zero-order chi connectivity index (χ0) is 38.2. The quantitative estimate of drug-likeness (QED) is 0.106. The summed E-state index contributed by atoms with van der Waals surface area (Å²) < 4.78 is 0.754. The predicted octanol–water partition coefficient (Wildman–Crippen LogP) is 9.30. The van der Waals surface area contributed by atoms with E-state index in [1.807, 2.05) is 42.2 Å².